The average Bonchev–Trinajstić information content (AvgIpc) is 2.41. The largest absolute Gasteiger partial charge is 0.371 e. The minimum Gasteiger partial charge on any atom is -0.371 e. The van der Waals surface area contributed by atoms with Gasteiger partial charge in [0.2, 0.25) is 0 Å². The maximum absolute atomic E-state index is 9.24. The highest BCUT2D eigenvalue weighted by atomic mass is 15.1. The number of anilines is 1. The molecule has 0 bridgehead atoms. The monoisotopic (exact) mass is 238 g/mol. The van der Waals surface area contributed by atoms with Crippen LogP contribution in [0.2, 0.25) is 0 Å². The zero-order valence-electron chi connectivity index (χ0n) is 11.2. The number of benzene rings is 2. The van der Waals surface area contributed by atoms with E-state index in [9.17, 15) is 5.26 Å². The molecule has 0 N–H and O–H groups in total. The van der Waals surface area contributed by atoms with Crippen molar-refractivity contribution in [1.82, 2.24) is 0 Å². The van der Waals surface area contributed by atoms with E-state index in [1.54, 1.807) is 0 Å². The Kier molecular flexibility index (Phi) is 3.53. The summed E-state index contributed by atoms with van der Waals surface area (Å²) in [5.41, 5.74) is 3.20. The average molecular weight is 238 g/mol. The Morgan fingerprint density at radius 3 is 2.28 bits per heavy atom. The van der Waals surface area contributed by atoms with Gasteiger partial charge in [0, 0.05) is 29.5 Å². The van der Waals surface area contributed by atoms with Gasteiger partial charge in [0.1, 0.15) is 0 Å². The summed E-state index contributed by atoms with van der Waals surface area (Å²) in [6.45, 7) is 8.37. The van der Waals surface area contributed by atoms with Crippen LogP contribution in [0.5, 0.6) is 0 Å². The first-order chi connectivity index (χ1) is 8.72. The second-order valence-electron chi connectivity index (χ2n) is 4.42. The minimum atomic E-state index is 0.763. The third-order valence-corrected chi connectivity index (χ3v) is 3.41. The molecule has 0 saturated heterocycles. The zero-order chi connectivity index (χ0) is 13.1. The molecular formula is C16H18N2. The molecule has 2 aromatic rings. The van der Waals surface area contributed by atoms with E-state index in [2.05, 4.69) is 37.8 Å². The van der Waals surface area contributed by atoms with Crippen LogP contribution in [-0.2, 0) is 0 Å². The topological polar surface area (TPSA) is 27.0 Å². The van der Waals surface area contributed by atoms with Crippen LogP contribution in [0.1, 0.15) is 25.0 Å². The third-order valence-electron chi connectivity index (χ3n) is 3.41. The molecule has 0 heterocycles. The van der Waals surface area contributed by atoms with E-state index in [0.29, 0.717) is 0 Å². The fourth-order valence-electron chi connectivity index (χ4n) is 2.55. The molecule has 0 fully saturated rings. The Morgan fingerprint density at radius 2 is 1.72 bits per heavy atom. The van der Waals surface area contributed by atoms with Crippen molar-refractivity contribution in [3.8, 4) is 6.07 Å². The Hall–Kier alpha value is -2.01. The number of nitrogens with zero attached hydrogens (tertiary/aromatic N) is 2. The summed E-state index contributed by atoms with van der Waals surface area (Å²) in [4.78, 5) is 2.35. The maximum Gasteiger partial charge on any atom is 0.0998 e. The van der Waals surface area contributed by atoms with Crippen molar-refractivity contribution in [2.75, 3.05) is 18.0 Å². The number of aryl methyl sites for hydroxylation is 1. The number of fused-ring (bicyclic) bond motifs is 1. The van der Waals surface area contributed by atoms with E-state index < -0.39 is 0 Å². The van der Waals surface area contributed by atoms with Crippen LogP contribution in [0, 0.1) is 18.3 Å². The first-order valence-corrected chi connectivity index (χ1v) is 6.40. The highest BCUT2D eigenvalue weighted by Gasteiger charge is 2.13. The Morgan fingerprint density at radius 1 is 1.11 bits per heavy atom. The minimum absolute atomic E-state index is 0.763. The lowest BCUT2D eigenvalue weighted by atomic mass is 9.99. The van der Waals surface area contributed by atoms with E-state index in [0.717, 1.165) is 24.0 Å². The Labute approximate surface area is 108 Å². The number of hydrogen-bond donors (Lipinski definition) is 0. The van der Waals surface area contributed by atoms with Crippen LogP contribution in [-0.4, -0.2) is 13.1 Å². The molecule has 2 nitrogen and oxygen atoms in total. The van der Waals surface area contributed by atoms with Crippen LogP contribution in [0.3, 0.4) is 0 Å². The van der Waals surface area contributed by atoms with E-state index in [1.165, 1.54) is 16.6 Å². The van der Waals surface area contributed by atoms with Gasteiger partial charge in [-0.05, 0) is 32.4 Å². The van der Waals surface area contributed by atoms with Crippen molar-refractivity contribution >= 4 is 16.5 Å². The summed E-state index contributed by atoms with van der Waals surface area (Å²) >= 11 is 0. The summed E-state index contributed by atoms with van der Waals surface area (Å²) in [7, 11) is 0. The van der Waals surface area contributed by atoms with Gasteiger partial charge in [0.05, 0.1) is 11.6 Å². The predicted octanol–water partition coefficient (Wildman–Crippen LogP) is 3.87. The molecule has 0 radical (unpaired) electrons. The van der Waals surface area contributed by atoms with Crippen molar-refractivity contribution in [2.24, 2.45) is 0 Å². The third kappa shape index (κ3) is 1.93. The van der Waals surface area contributed by atoms with Crippen molar-refractivity contribution in [1.29, 1.82) is 5.26 Å². The molecular weight excluding hydrogens is 220 g/mol. The number of hydrogen-bond acceptors (Lipinski definition) is 2. The van der Waals surface area contributed by atoms with E-state index >= 15 is 0 Å². The fraction of sp³-hybridized carbons (Fsp3) is 0.312. The Balaban J connectivity index is 2.82. The van der Waals surface area contributed by atoms with Crippen LogP contribution in [0.4, 0.5) is 5.69 Å². The van der Waals surface area contributed by atoms with Crippen LogP contribution >= 0.6 is 0 Å². The normalized spacial score (nSPS) is 10.3. The quantitative estimate of drug-likeness (QED) is 0.811. The van der Waals surface area contributed by atoms with Crippen molar-refractivity contribution in [3.05, 3.63) is 41.5 Å². The molecule has 2 rings (SSSR count). The molecule has 2 aromatic carbocycles. The molecule has 0 saturated carbocycles. The lowest BCUT2D eigenvalue weighted by molar-refractivity contribution is 0.866. The molecule has 0 aromatic heterocycles. The number of rotatable bonds is 3. The molecule has 92 valence electrons. The lowest BCUT2D eigenvalue weighted by Gasteiger charge is -2.25. The van der Waals surface area contributed by atoms with E-state index in [4.69, 9.17) is 0 Å². The summed E-state index contributed by atoms with van der Waals surface area (Å²) < 4.78 is 0. The smallest absolute Gasteiger partial charge is 0.0998 e. The van der Waals surface area contributed by atoms with E-state index in [1.807, 2.05) is 24.3 Å². The Bertz CT molecular complexity index is 604. The lowest BCUT2D eigenvalue weighted by Crippen LogP contribution is -2.23. The standard InChI is InChI=1S/C16H18N2/c1-4-18(5-2)16-12(3)10-13(11-17)14-8-6-7-9-15(14)16/h6-10H,4-5H2,1-3H3. The molecule has 0 unspecified atom stereocenters. The predicted molar refractivity (Wildman–Crippen MR) is 77.0 cm³/mol. The molecule has 0 aliphatic heterocycles. The van der Waals surface area contributed by atoms with Gasteiger partial charge in [-0.2, -0.15) is 5.26 Å². The SMILES string of the molecule is CCN(CC)c1c(C)cc(C#N)c2ccccc12. The van der Waals surface area contributed by atoms with Gasteiger partial charge in [-0.3, -0.25) is 0 Å². The fourth-order valence-corrected chi connectivity index (χ4v) is 2.55. The van der Waals surface area contributed by atoms with Gasteiger partial charge in [-0.15, -0.1) is 0 Å². The molecule has 0 aliphatic carbocycles. The summed E-state index contributed by atoms with van der Waals surface area (Å²) in [5.74, 6) is 0. The zero-order valence-corrected chi connectivity index (χ0v) is 11.2. The van der Waals surface area contributed by atoms with Gasteiger partial charge in [-0.25, -0.2) is 0 Å². The van der Waals surface area contributed by atoms with Crippen molar-refractivity contribution in [3.63, 3.8) is 0 Å². The summed E-state index contributed by atoms with van der Waals surface area (Å²) in [6, 6.07) is 12.5. The first-order valence-electron chi connectivity index (χ1n) is 6.40. The summed E-state index contributed by atoms with van der Waals surface area (Å²) in [6.07, 6.45) is 0. The molecule has 2 heteroatoms. The first kappa shape index (κ1) is 12.4. The second kappa shape index (κ2) is 5.10. The number of nitriles is 1. The highest BCUT2D eigenvalue weighted by Crippen LogP contribution is 2.32. The second-order valence-corrected chi connectivity index (χ2v) is 4.42. The molecule has 0 amide bonds. The van der Waals surface area contributed by atoms with Gasteiger partial charge >= 0.3 is 0 Å². The maximum atomic E-state index is 9.24. The van der Waals surface area contributed by atoms with Gasteiger partial charge in [-0.1, -0.05) is 24.3 Å². The van der Waals surface area contributed by atoms with Gasteiger partial charge < -0.3 is 4.90 Å². The van der Waals surface area contributed by atoms with Crippen LogP contribution < -0.4 is 4.90 Å². The van der Waals surface area contributed by atoms with Gasteiger partial charge in [0.15, 0.2) is 0 Å². The van der Waals surface area contributed by atoms with Crippen molar-refractivity contribution in [2.45, 2.75) is 20.8 Å². The molecule has 0 atom stereocenters. The van der Waals surface area contributed by atoms with Crippen molar-refractivity contribution < 1.29 is 0 Å². The van der Waals surface area contributed by atoms with Crippen LogP contribution in [0.15, 0.2) is 30.3 Å². The van der Waals surface area contributed by atoms with Crippen LogP contribution in [0.25, 0.3) is 10.8 Å². The molecule has 0 aliphatic rings. The van der Waals surface area contributed by atoms with Gasteiger partial charge in [0.25, 0.3) is 0 Å². The highest BCUT2D eigenvalue weighted by molar-refractivity contribution is 5.99. The molecule has 0 spiro atoms. The summed E-state index contributed by atoms with van der Waals surface area (Å²) in [5, 5.41) is 11.5. The molecule has 18 heavy (non-hydrogen) atoms. The van der Waals surface area contributed by atoms with E-state index in [-0.39, 0.29) is 0 Å².